The highest BCUT2D eigenvalue weighted by molar-refractivity contribution is 9.10. The molecule has 0 amide bonds. The van der Waals surface area contributed by atoms with Crippen molar-refractivity contribution in [2.75, 3.05) is 6.61 Å². The number of hydrogen-bond acceptors (Lipinski definition) is 3. The van der Waals surface area contributed by atoms with E-state index in [1.807, 2.05) is 43.3 Å². The Morgan fingerprint density at radius 2 is 1.76 bits per heavy atom. The van der Waals surface area contributed by atoms with Crippen molar-refractivity contribution in [3.63, 3.8) is 0 Å². The molecule has 152 valence electrons. The predicted octanol–water partition coefficient (Wildman–Crippen LogP) is 6.93. The van der Waals surface area contributed by atoms with Gasteiger partial charge in [-0.15, -0.1) is 0 Å². The lowest BCUT2D eigenvalue weighted by molar-refractivity contribution is 0.267. The van der Waals surface area contributed by atoms with Gasteiger partial charge in [-0.25, -0.2) is 0 Å². The first-order valence-corrected chi connectivity index (χ1v) is 10.8. The number of benzene rings is 3. The van der Waals surface area contributed by atoms with Gasteiger partial charge in [-0.05, 0) is 70.7 Å². The van der Waals surface area contributed by atoms with Crippen molar-refractivity contribution in [3.05, 3.63) is 92.9 Å². The molecule has 0 aliphatic heterocycles. The molecule has 29 heavy (non-hydrogen) atoms. The molecule has 3 aromatic rings. The van der Waals surface area contributed by atoms with Gasteiger partial charge in [0.25, 0.3) is 0 Å². The van der Waals surface area contributed by atoms with E-state index in [1.165, 1.54) is 5.56 Å². The van der Waals surface area contributed by atoms with E-state index in [0.717, 1.165) is 27.9 Å². The van der Waals surface area contributed by atoms with Crippen LogP contribution >= 0.6 is 27.5 Å². The highest BCUT2D eigenvalue weighted by Crippen LogP contribution is 2.37. The summed E-state index contributed by atoms with van der Waals surface area (Å²) >= 11 is 9.72. The summed E-state index contributed by atoms with van der Waals surface area (Å²) in [4.78, 5) is 0. The number of rotatable bonds is 9. The van der Waals surface area contributed by atoms with E-state index < -0.39 is 0 Å². The van der Waals surface area contributed by atoms with E-state index >= 15 is 0 Å². The fourth-order valence-electron chi connectivity index (χ4n) is 3.04. The summed E-state index contributed by atoms with van der Waals surface area (Å²) in [6.45, 7) is 5.84. The first-order chi connectivity index (χ1) is 14.1. The minimum atomic E-state index is 0.254. The number of nitrogens with one attached hydrogen (secondary N) is 1. The topological polar surface area (TPSA) is 30.5 Å². The Bertz CT molecular complexity index is 933. The average molecular weight is 475 g/mol. The molecular formula is C24H25BrClNO2. The standard InChI is InChI=1S/C24H25BrClNO2/c1-3-28-23-14-19(15-27-17(2)20-9-5-4-6-10-20)13-22(25)24(23)29-16-18-8-7-11-21(26)12-18/h4-14,17,27H,3,15-16H2,1-2H3/t17-/m1/s1. The Balaban J connectivity index is 1.71. The van der Waals surface area contributed by atoms with Crippen LogP contribution in [0.2, 0.25) is 5.02 Å². The molecule has 3 nitrogen and oxygen atoms in total. The van der Waals surface area contributed by atoms with Crippen molar-refractivity contribution < 1.29 is 9.47 Å². The fourth-order valence-corrected chi connectivity index (χ4v) is 3.86. The van der Waals surface area contributed by atoms with Gasteiger partial charge in [0.05, 0.1) is 11.1 Å². The SMILES string of the molecule is CCOc1cc(CN[C@H](C)c2ccccc2)cc(Br)c1OCc1cccc(Cl)c1. The van der Waals surface area contributed by atoms with Crippen LogP contribution in [0.25, 0.3) is 0 Å². The second-order valence-corrected chi connectivity index (χ2v) is 8.06. The lowest BCUT2D eigenvalue weighted by atomic mass is 10.1. The van der Waals surface area contributed by atoms with Gasteiger partial charge in [-0.3, -0.25) is 0 Å². The van der Waals surface area contributed by atoms with Gasteiger partial charge < -0.3 is 14.8 Å². The highest BCUT2D eigenvalue weighted by Gasteiger charge is 2.14. The first-order valence-electron chi connectivity index (χ1n) is 9.67. The largest absolute Gasteiger partial charge is 0.490 e. The van der Waals surface area contributed by atoms with E-state index in [0.29, 0.717) is 24.0 Å². The van der Waals surface area contributed by atoms with Gasteiger partial charge >= 0.3 is 0 Å². The minimum absolute atomic E-state index is 0.254. The van der Waals surface area contributed by atoms with Crippen LogP contribution in [0.4, 0.5) is 0 Å². The molecule has 3 rings (SSSR count). The smallest absolute Gasteiger partial charge is 0.175 e. The van der Waals surface area contributed by atoms with Crippen LogP contribution in [-0.2, 0) is 13.2 Å². The lowest BCUT2D eigenvalue weighted by Crippen LogP contribution is -2.18. The molecule has 0 spiro atoms. The maximum Gasteiger partial charge on any atom is 0.175 e. The number of hydrogen-bond donors (Lipinski definition) is 1. The van der Waals surface area contributed by atoms with Gasteiger partial charge in [0.15, 0.2) is 11.5 Å². The molecule has 0 saturated heterocycles. The minimum Gasteiger partial charge on any atom is -0.490 e. The molecule has 0 radical (unpaired) electrons. The van der Waals surface area contributed by atoms with E-state index in [4.69, 9.17) is 21.1 Å². The Kier molecular flexibility index (Phi) is 7.99. The van der Waals surface area contributed by atoms with Crippen LogP contribution in [0.5, 0.6) is 11.5 Å². The third-order valence-electron chi connectivity index (χ3n) is 4.55. The Morgan fingerprint density at radius 3 is 2.48 bits per heavy atom. The second kappa shape index (κ2) is 10.7. The zero-order chi connectivity index (χ0) is 20.6. The van der Waals surface area contributed by atoms with E-state index in [2.05, 4.69) is 58.5 Å². The van der Waals surface area contributed by atoms with Crippen molar-refractivity contribution in [2.45, 2.75) is 33.0 Å². The van der Waals surface area contributed by atoms with Crippen molar-refractivity contribution in [1.29, 1.82) is 0 Å². The molecule has 0 aliphatic carbocycles. The van der Waals surface area contributed by atoms with E-state index in [9.17, 15) is 0 Å². The summed E-state index contributed by atoms with van der Waals surface area (Å²) in [5.41, 5.74) is 3.39. The van der Waals surface area contributed by atoms with Crippen molar-refractivity contribution in [2.24, 2.45) is 0 Å². The van der Waals surface area contributed by atoms with Crippen LogP contribution in [0.15, 0.2) is 71.2 Å². The quantitative estimate of drug-likeness (QED) is 0.365. The molecule has 1 atom stereocenters. The zero-order valence-corrected chi connectivity index (χ0v) is 19.0. The molecule has 3 aromatic carbocycles. The van der Waals surface area contributed by atoms with Crippen molar-refractivity contribution >= 4 is 27.5 Å². The van der Waals surface area contributed by atoms with Crippen LogP contribution < -0.4 is 14.8 Å². The summed E-state index contributed by atoms with van der Waals surface area (Å²) in [6.07, 6.45) is 0. The molecule has 1 N–H and O–H groups in total. The third kappa shape index (κ3) is 6.23. The maximum absolute atomic E-state index is 6.07. The van der Waals surface area contributed by atoms with Crippen LogP contribution in [-0.4, -0.2) is 6.61 Å². The van der Waals surface area contributed by atoms with E-state index in [-0.39, 0.29) is 6.04 Å². The third-order valence-corrected chi connectivity index (χ3v) is 5.38. The second-order valence-electron chi connectivity index (χ2n) is 6.77. The number of halogens is 2. The predicted molar refractivity (Wildman–Crippen MR) is 123 cm³/mol. The normalized spacial score (nSPS) is 11.9. The summed E-state index contributed by atoms with van der Waals surface area (Å²) in [5.74, 6) is 1.43. The van der Waals surface area contributed by atoms with Crippen molar-refractivity contribution in [3.8, 4) is 11.5 Å². The summed E-state index contributed by atoms with van der Waals surface area (Å²) in [7, 11) is 0. The molecule has 0 bridgehead atoms. The summed E-state index contributed by atoms with van der Waals surface area (Å²) in [5, 5.41) is 4.26. The fraction of sp³-hybridized carbons (Fsp3) is 0.250. The monoisotopic (exact) mass is 473 g/mol. The first kappa shape index (κ1) is 21.7. The number of ether oxygens (including phenoxy) is 2. The van der Waals surface area contributed by atoms with E-state index in [1.54, 1.807) is 0 Å². The van der Waals surface area contributed by atoms with Crippen molar-refractivity contribution in [1.82, 2.24) is 5.32 Å². The summed E-state index contributed by atoms with van der Waals surface area (Å²) in [6, 6.07) is 22.4. The molecule has 0 heterocycles. The van der Waals surface area contributed by atoms with Crippen LogP contribution in [0.1, 0.15) is 36.6 Å². The van der Waals surface area contributed by atoms with Gasteiger partial charge in [-0.2, -0.15) is 0 Å². The molecule has 0 fully saturated rings. The molecule has 0 aromatic heterocycles. The van der Waals surface area contributed by atoms with Gasteiger partial charge in [0, 0.05) is 17.6 Å². The highest BCUT2D eigenvalue weighted by atomic mass is 79.9. The zero-order valence-electron chi connectivity index (χ0n) is 16.6. The van der Waals surface area contributed by atoms with Gasteiger partial charge in [0.2, 0.25) is 0 Å². The van der Waals surface area contributed by atoms with Gasteiger partial charge in [-0.1, -0.05) is 54.1 Å². The average Bonchev–Trinajstić information content (AvgIpc) is 2.72. The Hall–Kier alpha value is -2.01. The Labute approximate surface area is 186 Å². The molecule has 0 unspecified atom stereocenters. The summed E-state index contributed by atoms with van der Waals surface area (Å²) < 4.78 is 12.8. The Morgan fingerprint density at radius 1 is 0.966 bits per heavy atom. The lowest BCUT2D eigenvalue weighted by Gasteiger charge is -2.18. The molecular weight excluding hydrogens is 450 g/mol. The van der Waals surface area contributed by atoms with Gasteiger partial charge in [0.1, 0.15) is 6.61 Å². The van der Waals surface area contributed by atoms with Crippen LogP contribution in [0, 0.1) is 0 Å². The molecule has 5 heteroatoms. The molecule has 0 saturated carbocycles. The maximum atomic E-state index is 6.07. The molecule has 0 aliphatic rings. The van der Waals surface area contributed by atoms with Crippen LogP contribution in [0.3, 0.4) is 0 Å².